The number of nitrogen functional groups attached to an aromatic ring is 1. The Bertz CT molecular complexity index is 805. The molecule has 3 aromatic rings. The van der Waals surface area contributed by atoms with Gasteiger partial charge >= 0.3 is 0 Å². The number of alkyl halides is 1. The van der Waals surface area contributed by atoms with Crippen molar-refractivity contribution in [2.24, 2.45) is 0 Å². The third-order valence-electron chi connectivity index (χ3n) is 3.44. The average Bonchev–Trinajstić information content (AvgIpc) is 2.56. The Morgan fingerprint density at radius 1 is 1.05 bits per heavy atom. The van der Waals surface area contributed by atoms with Gasteiger partial charge in [-0.15, -0.1) is 10.2 Å². The van der Waals surface area contributed by atoms with E-state index in [4.69, 9.17) is 5.73 Å². The van der Waals surface area contributed by atoms with Gasteiger partial charge in [-0.2, -0.15) is 0 Å². The number of pyridine rings is 1. The zero-order valence-electron chi connectivity index (χ0n) is 12.0. The Kier molecular flexibility index (Phi) is 3.74. The molecule has 2 heterocycles. The normalized spacial score (nSPS) is 10.6. The maximum atomic E-state index is 13.0. The SMILES string of the molecule is Cc1c(-c2nnc(N)nc2-c2ccccc2)ccnc1CF. The summed E-state index contributed by atoms with van der Waals surface area (Å²) in [5.41, 5.74) is 9.60. The molecule has 0 spiro atoms. The third-order valence-corrected chi connectivity index (χ3v) is 3.44. The van der Waals surface area contributed by atoms with Gasteiger partial charge in [0.15, 0.2) is 0 Å². The molecular weight excluding hydrogens is 281 g/mol. The molecule has 2 aromatic heterocycles. The van der Waals surface area contributed by atoms with Gasteiger partial charge in [-0.05, 0) is 18.6 Å². The summed E-state index contributed by atoms with van der Waals surface area (Å²) >= 11 is 0. The fourth-order valence-electron chi connectivity index (χ4n) is 2.29. The number of anilines is 1. The molecule has 3 rings (SSSR count). The van der Waals surface area contributed by atoms with Crippen LogP contribution in [-0.4, -0.2) is 20.2 Å². The minimum Gasteiger partial charge on any atom is -0.366 e. The minimum atomic E-state index is -0.629. The number of nitrogens with two attached hydrogens (primary N) is 1. The highest BCUT2D eigenvalue weighted by molar-refractivity contribution is 5.79. The zero-order valence-corrected chi connectivity index (χ0v) is 12.0. The van der Waals surface area contributed by atoms with Crippen molar-refractivity contribution < 1.29 is 4.39 Å². The van der Waals surface area contributed by atoms with Crippen LogP contribution in [0.5, 0.6) is 0 Å². The monoisotopic (exact) mass is 295 g/mol. The molecule has 0 amide bonds. The van der Waals surface area contributed by atoms with Gasteiger partial charge in [-0.3, -0.25) is 4.98 Å². The van der Waals surface area contributed by atoms with E-state index >= 15 is 0 Å². The second kappa shape index (κ2) is 5.85. The summed E-state index contributed by atoms with van der Waals surface area (Å²) in [6.07, 6.45) is 1.56. The van der Waals surface area contributed by atoms with E-state index < -0.39 is 6.67 Å². The molecule has 110 valence electrons. The summed E-state index contributed by atoms with van der Waals surface area (Å²) in [7, 11) is 0. The molecule has 5 nitrogen and oxygen atoms in total. The molecular formula is C16H14FN5. The van der Waals surface area contributed by atoms with Crippen LogP contribution >= 0.6 is 0 Å². The second-order valence-corrected chi connectivity index (χ2v) is 4.80. The largest absolute Gasteiger partial charge is 0.366 e. The van der Waals surface area contributed by atoms with E-state index in [0.29, 0.717) is 17.1 Å². The summed E-state index contributed by atoms with van der Waals surface area (Å²) in [5.74, 6) is 0.0972. The van der Waals surface area contributed by atoms with Crippen LogP contribution in [-0.2, 0) is 6.67 Å². The highest BCUT2D eigenvalue weighted by Gasteiger charge is 2.16. The van der Waals surface area contributed by atoms with Gasteiger partial charge in [0.1, 0.15) is 18.1 Å². The minimum absolute atomic E-state index is 0.0972. The van der Waals surface area contributed by atoms with Crippen LogP contribution in [0.15, 0.2) is 42.6 Å². The van der Waals surface area contributed by atoms with Gasteiger partial charge in [0.05, 0.1) is 5.69 Å². The van der Waals surface area contributed by atoms with Gasteiger partial charge in [0, 0.05) is 17.3 Å². The summed E-state index contributed by atoms with van der Waals surface area (Å²) in [4.78, 5) is 8.34. The zero-order chi connectivity index (χ0) is 15.5. The van der Waals surface area contributed by atoms with E-state index in [9.17, 15) is 4.39 Å². The number of rotatable bonds is 3. The number of hydrogen-bond acceptors (Lipinski definition) is 5. The third kappa shape index (κ3) is 2.50. The van der Waals surface area contributed by atoms with E-state index in [1.165, 1.54) is 0 Å². The van der Waals surface area contributed by atoms with Gasteiger partial charge in [0.2, 0.25) is 5.95 Å². The quantitative estimate of drug-likeness (QED) is 0.803. The van der Waals surface area contributed by atoms with Gasteiger partial charge in [-0.1, -0.05) is 30.3 Å². The maximum Gasteiger partial charge on any atom is 0.240 e. The first-order valence-corrected chi connectivity index (χ1v) is 6.77. The number of aromatic nitrogens is 4. The number of benzene rings is 1. The van der Waals surface area contributed by atoms with Crippen molar-refractivity contribution in [1.82, 2.24) is 20.2 Å². The van der Waals surface area contributed by atoms with Crippen molar-refractivity contribution in [2.75, 3.05) is 5.73 Å². The fraction of sp³-hybridized carbons (Fsp3) is 0.125. The topological polar surface area (TPSA) is 77.6 Å². The van der Waals surface area contributed by atoms with Crippen LogP contribution in [0, 0.1) is 6.92 Å². The lowest BCUT2D eigenvalue weighted by molar-refractivity contribution is 0.474. The van der Waals surface area contributed by atoms with E-state index in [1.54, 1.807) is 12.3 Å². The predicted molar refractivity (Wildman–Crippen MR) is 82.5 cm³/mol. The molecule has 0 radical (unpaired) electrons. The molecule has 0 unspecified atom stereocenters. The summed E-state index contributed by atoms with van der Waals surface area (Å²) < 4.78 is 13.0. The van der Waals surface area contributed by atoms with Crippen molar-refractivity contribution in [3.63, 3.8) is 0 Å². The standard InChI is InChI=1S/C16H14FN5/c1-10-12(7-8-19-13(10)9-17)15-14(20-16(18)22-21-15)11-5-3-2-4-6-11/h2-8H,9H2,1H3,(H2,18,20,22). The summed E-state index contributed by atoms with van der Waals surface area (Å²) in [6, 6.07) is 11.3. The summed E-state index contributed by atoms with van der Waals surface area (Å²) in [5, 5.41) is 8.01. The smallest absolute Gasteiger partial charge is 0.240 e. The van der Waals surface area contributed by atoms with Crippen LogP contribution < -0.4 is 5.73 Å². The van der Waals surface area contributed by atoms with Crippen LogP contribution in [0.25, 0.3) is 22.5 Å². The molecule has 6 heteroatoms. The molecule has 2 N–H and O–H groups in total. The highest BCUT2D eigenvalue weighted by atomic mass is 19.1. The molecule has 0 atom stereocenters. The Labute approximate surface area is 127 Å². The van der Waals surface area contributed by atoms with E-state index in [1.807, 2.05) is 37.3 Å². The molecule has 0 bridgehead atoms. The first-order chi connectivity index (χ1) is 10.7. The lowest BCUT2D eigenvalue weighted by atomic mass is 10.0. The van der Waals surface area contributed by atoms with Crippen molar-refractivity contribution in [2.45, 2.75) is 13.6 Å². The first kappa shape index (κ1) is 14.1. The van der Waals surface area contributed by atoms with Crippen molar-refractivity contribution in [3.8, 4) is 22.5 Å². The van der Waals surface area contributed by atoms with Gasteiger partial charge in [-0.25, -0.2) is 9.37 Å². The first-order valence-electron chi connectivity index (χ1n) is 6.77. The number of halogens is 1. The van der Waals surface area contributed by atoms with E-state index in [0.717, 1.165) is 16.7 Å². The maximum absolute atomic E-state index is 13.0. The average molecular weight is 295 g/mol. The molecule has 0 fully saturated rings. The molecule has 1 aromatic carbocycles. The molecule has 0 aliphatic carbocycles. The highest BCUT2D eigenvalue weighted by Crippen LogP contribution is 2.31. The Morgan fingerprint density at radius 3 is 2.55 bits per heavy atom. The lowest BCUT2D eigenvalue weighted by Crippen LogP contribution is -2.04. The van der Waals surface area contributed by atoms with Crippen molar-refractivity contribution in [3.05, 3.63) is 53.9 Å². The molecule has 0 aliphatic rings. The predicted octanol–water partition coefficient (Wildman–Crippen LogP) is 2.96. The molecule has 22 heavy (non-hydrogen) atoms. The Hall–Kier alpha value is -2.89. The van der Waals surface area contributed by atoms with Gasteiger partial charge in [0.25, 0.3) is 0 Å². The van der Waals surface area contributed by atoms with Crippen LogP contribution in [0.2, 0.25) is 0 Å². The summed E-state index contributed by atoms with van der Waals surface area (Å²) in [6.45, 7) is 1.18. The molecule has 0 saturated carbocycles. The molecule has 0 aliphatic heterocycles. The Morgan fingerprint density at radius 2 is 1.82 bits per heavy atom. The van der Waals surface area contributed by atoms with Crippen LogP contribution in [0.4, 0.5) is 10.3 Å². The number of hydrogen-bond donors (Lipinski definition) is 1. The fourth-order valence-corrected chi connectivity index (χ4v) is 2.29. The van der Waals surface area contributed by atoms with Crippen molar-refractivity contribution in [1.29, 1.82) is 0 Å². The number of nitrogens with zero attached hydrogens (tertiary/aromatic N) is 4. The second-order valence-electron chi connectivity index (χ2n) is 4.80. The lowest BCUT2D eigenvalue weighted by Gasteiger charge is -2.11. The van der Waals surface area contributed by atoms with Crippen molar-refractivity contribution >= 4 is 5.95 Å². The van der Waals surface area contributed by atoms with E-state index in [-0.39, 0.29) is 5.95 Å². The van der Waals surface area contributed by atoms with E-state index in [2.05, 4.69) is 20.2 Å². The Balaban J connectivity index is 2.24. The van der Waals surface area contributed by atoms with Crippen LogP contribution in [0.3, 0.4) is 0 Å². The molecule has 0 saturated heterocycles. The van der Waals surface area contributed by atoms with Crippen LogP contribution in [0.1, 0.15) is 11.3 Å². The van der Waals surface area contributed by atoms with Gasteiger partial charge < -0.3 is 5.73 Å².